The van der Waals surface area contributed by atoms with Crippen molar-refractivity contribution in [1.29, 1.82) is 0 Å². The Kier molecular flexibility index (Phi) is 3.78. The van der Waals surface area contributed by atoms with Crippen molar-refractivity contribution in [2.75, 3.05) is 13.7 Å². The molecule has 0 radical (unpaired) electrons. The molecule has 0 heterocycles. The highest BCUT2D eigenvalue weighted by Gasteiger charge is 2.19. The van der Waals surface area contributed by atoms with Gasteiger partial charge in [0.05, 0.1) is 7.11 Å². The Balaban J connectivity index is 1.78. The molecule has 0 amide bonds. The normalized spacial score (nSPS) is 15.1. The zero-order chi connectivity index (χ0) is 11.4. The molecule has 2 nitrogen and oxygen atoms in total. The molecule has 3 heteroatoms. The number of hydrogen-bond donors (Lipinski definition) is 1. The van der Waals surface area contributed by atoms with E-state index in [9.17, 15) is 4.39 Å². The van der Waals surface area contributed by atoms with Gasteiger partial charge in [0.25, 0.3) is 0 Å². The highest BCUT2D eigenvalue weighted by molar-refractivity contribution is 5.28. The van der Waals surface area contributed by atoms with Gasteiger partial charge >= 0.3 is 0 Å². The third-order valence-electron chi connectivity index (χ3n) is 2.89. The molecule has 0 aliphatic heterocycles. The third-order valence-corrected chi connectivity index (χ3v) is 2.89. The monoisotopic (exact) mass is 223 g/mol. The molecule has 1 saturated carbocycles. The summed E-state index contributed by atoms with van der Waals surface area (Å²) in [5.74, 6) is 0.420. The van der Waals surface area contributed by atoms with Gasteiger partial charge in [0.1, 0.15) is 11.6 Å². The number of halogens is 1. The Hall–Kier alpha value is -1.09. The Morgan fingerprint density at radius 3 is 2.88 bits per heavy atom. The summed E-state index contributed by atoms with van der Waals surface area (Å²) >= 11 is 0. The molecule has 0 unspecified atom stereocenters. The van der Waals surface area contributed by atoms with Crippen LogP contribution in [-0.2, 0) is 6.42 Å². The predicted molar refractivity (Wildman–Crippen MR) is 62.3 cm³/mol. The SMILES string of the molecule is COc1ccc(CCCNC2CC2)c(F)c1. The van der Waals surface area contributed by atoms with Crippen LogP contribution in [0.3, 0.4) is 0 Å². The van der Waals surface area contributed by atoms with E-state index in [0.29, 0.717) is 5.75 Å². The average molecular weight is 223 g/mol. The zero-order valence-electron chi connectivity index (χ0n) is 9.63. The first-order chi connectivity index (χ1) is 7.79. The van der Waals surface area contributed by atoms with Crippen molar-refractivity contribution in [1.82, 2.24) is 5.32 Å². The lowest BCUT2D eigenvalue weighted by molar-refractivity contribution is 0.410. The van der Waals surface area contributed by atoms with E-state index >= 15 is 0 Å². The molecule has 16 heavy (non-hydrogen) atoms. The maximum Gasteiger partial charge on any atom is 0.130 e. The second-order valence-corrected chi connectivity index (χ2v) is 4.29. The molecule has 1 fully saturated rings. The van der Waals surface area contributed by atoms with Gasteiger partial charge in [-0.05, 0) is 43.9 Å². The smallest absolute Gasteiger partial charge is 0.130 e. The second kappa shape index (κ2) is 5.30. The Morgan fingerprint density at radius 1 is 1.44 bits per heavy atom. The minimum absolute atomic E-state index is 0.161. The molecule has 0 spiro atoms. The van der Waals surface area contributed by atoms with Crippen molar-refractivity contribution in [3.05, 3.63) is 29.6 Å². The van der Waals surface area contributed by atoms with Crippen LogP contribution < -0.4 is 10.1 Å². The molecule has 0 saturated heterocycles. The van der Waals surface area contributed by atoms with Crippen LogP contribution in [0.25, 0.3) is 0 Å². The number of methoxy groups -OCH3 is 1. The molecule has 1 aromatic carbocycles. The molecule has 1 N–H and O–H groups in total. The van der Waals surface area contributed by atoms with Crippen LogP contribution in [0.15, 0.2) is 18.2 Å². The standard InChI is InChI=1S/C13H18FNO/c1-16-12-7-4-10(13(14)9-12)3-2-8-15-11-5-6-11/h4,7,9,11,15H,2-3,5-6,8H2,1H3. The minimum Gasteiger partial charge on any atom is -0.497 e. The van der Waals surface area contributed by atoms with E-state index in [-0.39, 0.29) is 5.82 Å². The van der Waals surface area contributed by atoms with Crippen LogP contribution in [0.4, 0.5) is 4.39 Å². The van der Waals surface area contributed by atoms with Crippen molar-refractivity contribution in [3.63, 3.8) is 0 Å². The Bertz CT molecular complexity index is 350. The lowest BCUT2D eigenvalue weighted by atomic mass is 10.1. The molecule has 88 valence electrons. The van der Waals surface area contributed by atoms with Gasteiger partial charge in [0.2, 0.25) is 0 Å². The highest BCUT2D eigenvalue weighted by atomic mass is 19.1. The number of rotatable bonds is 6. The molecule has 0 bridgehead atoms. The molecule has 1 aliphatic rings. The number of hydrogen-bond acceptors (Lipinski definition) is 2. The summed E-state index contributed by atoms with van der Waals surface area (Å²) in [7, 11) is 1.55. The van der Waals surface area contributed by atoms with Gasteiger partial charge in [0.15, 0.2) is 0 Å². The topological polar surface area (TPSA) is 21.3 Å². The van der Waals surface area contributed by atoms with E-state index in [1.165, 1.54) is 18.9 Å². The fourth-order valence-electron chi connectivity index (χ4n) is 1.73. The molecule has 2 rings (SSSR count). The largest absolute Gasteiger partial charge is 0.497 e. The third kappa shape index (κ3) is 3.20. The average Bonchev–Trinajstić information content (AvgIpc) is 3.10. The maximum absolute atomic E-state index is 13.5. The van der Waals surface area contributed by atoms with E-state index in [4.69, 9.17) is 4.74 Å². The van der Waals surface area contributed by atoms with Gasteiger partial charge in [-0.15, -0.1) is 0 Å². The van der Waals surface area contributed by atoms with Gasteiger partial charge in [-0.2, -0.15) is 0 Å². The van der Waals surface area contributed by atoms with Crippen molar-refractivity contribution < 1.29 is 9.13 Å². The van der Waals surface area contributed by atoms with Crippen LogP contribution in [0, 0.1) is 5.82 Å². The van der Waals surface area contributed by atoms with E-state index < -0.39 is 0 Å². The molecule has 1 aliphatic carbocycles. The lowest BCUT2D eigenvalue weighted by Gasteiger charge is -2.06. The summed E-state index contributed by atoms with van der Waals surface area (Å²) < 4.78 is 18.5. The quantitative estimate of drug-likeness (QED) is 0.748. The summed E-state index contributed by atoms with van der Waals surface area (Å²) in [6, 6.07) is 5.81. The van der Waals surface area contributed by atoms with Crippen LogP contribution >= 0.6 is 0 Å². The molecule has 1 aromatic rings. The first-order valence-electron chi connectivity index (χ1n) is 5.85. The number of benzene rings is 1. The van der Waals surface area contributed by atoms with Crippen molar-refractivity contribution in [3.8, 4) is 5.75 Å². The summed E-state index contributed by atoms with van der Waals surface area (Å²) in [6.45, 7) is 0.982. The van der Waals surface area contributed by atoms with Gasteiger partial charge in [-0.3, -0.25) is 0 Å². The van der Waals surface area contributed by atoms with Crippen LogP contribution in [0.2, 0.25) is 0 Å². The first-order valence-corrected chi connectivity index (χ1v) is 5.85. The lowest BCUT2D eigenvalue weighted by Crippen LogP contribution is -2.18. The van der Waals surface area contributed by atoms with Crippen LogP contribution in [0.5, 0.6) is 5.75 Å². The van der Waals surface area contributed by atoms with Crippen LogP contribution in [-0.4, -0.2) is 19.7 Å². The molecular formula is C13H18FNO. The summed E-state index contributed by atoms with van der Waals surface area (Å²) in [5, 5.41) is 3.42. The van der Waals surface area contributed by atoms with Crippen molar-refractivity contribution in [2.45, 2.75) is 31.7 Å². The van der Waals surface area contributed by atoms with E-state index in [1.54, 1.807) is 7.11 Å². The van der Waals surface area contributed by atoms with Crippen molar-refractivity contribution >= 4 is 0 Å². The van der Waals surface area contributed by atoms with E-state index in [0.717, 1.165) is 31.0 Å². The van der Waals surface area contributed by atoms with Crippen molar-refractivity contribution in [2.24, 2.45) is 0 Å². The first kappa shape index (κ1) is 11.4. The van der Waals surface area contributed by atoms with Gasteiger partial charge in [-0.25, -0.2) is 4.39 Å². The number of ether oxygens (including phenoxy) is 1. The zero-order valence-corrected chi connectivity index (χ0v) is 9.63. The fourth-order valence-corrected chi connectivity index (χ4v) is 1.73. The number of nitrogens with one attached hydrogen (secondary N) is 1. The second-order valence-electron chi connectivity index (χ2n) is 4.29. The van der Waals surface area contributed by atoms with Gasteiger partial charge < -0.3 is 10.1 Å². The van der Waals surface area contributed by atoms with E-state index in [1.807, 2.05) is 12.1 Å². The maximum atomic E-state index is 13.5. The molecule has 0 atom stereocenters. The highest BCUT2D eigenvalue weighted by Crippen LogP contribution is 2.19. The Morgan fingerprint density at radius 2 is 2.25 bits per heavy atom. The van der Waals surface area contributed by atoms with E-state index in [2.05, 4.69) is 5.32 Å². The molecule has 0 aromatic heterocycles. The number of aryl methyl sites for hydroxylation is 1. The van der Waals surface area contributed by atoms with Gasteiger partial charge in [0, 0.05) is 12.1 Å². The summed E-state index contributed by atoms with van der Waals surface area (Å²) in [5.41, 5.74) is 0.776. The predicted octanol–water partition coefficient (Wildman–Crippen LogP) is 2.52. The van der Waals surface area contributed by atoms with Gasteiger partial charge in [-0.1, -0.05) is 6.07 Å². The Labute approximate surface area is 95.8 Å². The fraction of sp³-hybridized carbons (Fsp3) is 0.538. The minimum atomic E-state index is -0.161. The molecular weight excluding hydrogens is 205 g/mol. The van der Waals surface area contributed by atoms with Crippen LogP contribution in [0.1, 0.15) is 24.8 Å². The summed E-state index contributed by atoms with van der Waals surface area (Å²) in [4.78, 5) is 0. The summed E-state index contributed by atoms with van der Waals surface area (Å²) in [6.07, 6.45) is 4.38.